The predicted molar refractivity (Wildman–Crippen MR) is 128 cm³/mol. The van der Waals surface area contributed by atoms with Crippen molar-refractivity contribution in [2.24, 2.45) is 0 Å². The molecule has 0 aliphatic heterocycles. The van der Waals surface area contributed by atoms with Gasteiger partial charge in [0.05, 0.1) is 25.6 Å². The van der Waals surface area contributed by atoms with Crippen molar-refractivity contribution in [2.75, 3.05) is 30.4 Å². The summed E-state index contributed by atoms with van der Waals surface area (Å²) in [4.78, 5) is 12.7. The molecule has 1 N–H and O–H groups in total. The van der Waals surface area contributed by atoms with E-state index in [2.05, 4.69) is 21.2 Å². The Bertz CT molecular complexity index is 1270. The summed E-state index contributed by atoms with van der Waals surface area (Å²) in [7, 11) is -1.38. The third-order valence-corrected chi connectivity index (χ3v) is 7.03. The highest BCUT2D eigenvalue weighted by atomic mass is 79.9. The van der Waals surface area contributed by atoms with Gasteiger partial charge in [0, 0.05) is 4.47 Å². The number of aryl methyl sites for hydroxylation is 1. The van der Waals surface area contributed by atoms with Crippen LogP contribution in [0.15, 0.2) is 70.0 Å². The van der Waals surface area contributed by atoms with Crippen LogP contribution in [0, 0.1) is 12.7 Å². The summed E-state index contributed by atoms with van der Waals surface area (Å²) in [5.74, 6) is -0.719. The highest BCUT2D eigenvalue weighted by Gasteiger charge is 2.30. The van der Waals surface area contributed by atoms with Gasteiger partial charge in [0.15, 0.2) is 0 Å². The van der Waals surface area contributed by atoms with Gasteiger partial charge in [-0.1, -0.05) is 22.0 Å². The fourth-order valence-corrected chi connectivity index (χ4v) is 5.08. The zero-order valence-electron chi connectivity index (χ0n) is 18.1. The summed E-state index contributed by atoms with van der Waals surface area (Å²) in [5.41, 5.74) is 0.861. The maximum absolute atomic E-state index is 14.2. The molecule has 0 saturated carbocycles. The van der Waals surface area contributed by atoms with Gasteiger partial charge < -0.3 is 14.8 Å². The number of carbonyl (C=O) groups is 1. The summed E-state index contributed by atoms with van der Waals surface area (Å²) in [6, 6.07) is 15.1. The van der Waals surface area contributed by atoms with E-state index in [1.165, 1.54) is 44.6 Å². The topological polar surface area (TPSA) is 84.9 Å². The molecule has 0 bridgehead atoms. The van der Waals surface area contributed by atoms with E-state index < -0.39 is 28.3 Å². The molecule has 0 saturated heterocycles. The van der Waals surface area contributed by atoms with Crippen LogP contribution in [0.1, 0.15) is 5.56 Å². The van der Waals surface area contributed by atoms with Gasteiger partial charge in [-0.05, 0) is 67.1 Å². The molecular weight excluding hydrogens is 515 g/mol. The van der Waals surface area contributed by atoms with E-state index in [4.69, 9.17) is 9.47 Å². The van der Waals surface area contributed by atoms with Crippen molar-refractivity contribution in [1.82, 2.24) is 0 Å². The van der Waals surface area contributed by atoms with Crippen molar-refractivity contribution < 1.29 is 27.1 Å². The predicted octanol–water partition coefficient (Wildman–Crippen LogP) is 4.75. The number of ether oxygens (including phenoxy) is 2. The first-order valence-electron chi connectivity index (χ1n) is 9.72. The molecular formula is C23H22BrFN2O5S. The molecule has 3 aromatic rings. The van der Waals surface area contributed by atoms with Crippen LogP contribution in [-0.2, 0) is 14.8 Å². The number of amides is 1. The fourth-order valence-electron chi connectivity index (χ4n) is 3.08. The number of methoxy groups -OCH3 is 2. The summed E-state index contributed by atoms with van der Waals surface area (Å²) >= 11 is 3.15. The Hall–Kier alpha value is -3.11. The largest absolute Gasteiger partial charge is 0.497 e. The van der Waals surface area contributed by atoms with Gasteiger partial charge in [-0.15, -0.1) is 0 Å². The van der Waals surface area contributed by atoms with Gasteiger partial charge in [0.25, 0.3) is 10.0 Å². The number of nitrogens with one attached hydrogen (secondary N) is 1. The number of carbonyl (C=O) groups excluding carboxylic acids is 1. The van der Waals surface area contributed by atoms with E-state index in [-0.39, 0.29) is 22.0 Å². The quantitative estimate of drug-likeness (QED) is 0.449. The van der Waals surface area contributed by atoms with E-state index in [0.717, 1.165) is 4.31 Å². The molecule has 174 valence electrons. The van der Waals surface area contributed by atoms with Gasteiger partial charge in [-0.25, -0.2) is 12.8 Å². The Balaban J connectivity index is 2.02. The smallest absolute Gasteiger partial charge is 0.268 e. The molecule has 0 heterocycles. The van der Waals surface area contributed by atoms with E-state index >= 15 is 0 Å². The highest BCUT2D eigenvalue weighted by Crippen LogP contribution is 2.32. The van der Waals surface area contributed by atoms with Crippen LogP contribution in [0.2, 0.25) is 0 Å². The summed E-state index contributed by atoms with van der Waals surface area (Å²) in [5, 5.41) is 2.43. The van der Waals surface area contributed by atoms with Crippen LogP contribution in [-0.4, -0.2) is 35.1 Å². The minimum Gasteiger partial charge on any atom is -0.497 e. The van der Waals surface area contributed by atoms with Gasteiger partial charge in [-0.2, -0.15) is 0 Å². The van der Waals surface area contributed by atoms with Crippen LogP contribution in [0.4, 0.5) is 15.8 Å². The lowest BCUT2D eigenvalue weighted by Crippen LogP contribution is -2.38. The Morgan fingerprint density at radius 3 is 2.33 bits per heavy atom. The van der Waals surface area contributed by atoms with Crippen LogP contribution in [0.3, 0.4) is 0 Å². The zero-order valence-corrected chi connectivity index (χ0v) is 20.5. The Kier molecular flexibility index (Phi) is 7.60. The molecule has 10 heteroatoms. The molecule has 3 rings (SSSR count). The average molecular weight is 537 g/mol. The second kappa shape index (κ2) is 10.2. The molecule has 33 heavy (non-hydrogen) atoms. The lowest BCUT2D eigenvalue weighted by Gasteiger charge is -2.25. The second-order valence-corrected chi connectivity index (χ2v) is 9.78. The number of hydrogen-bond acceptors (Lipinski definition) is 5. The molecule has 0 aliphatic carbocycles. The molecule has 0 aliphatic rings. The van der Waals surface area contributed by atoms with Gasteiger partial charge >= 0.3 is 0 Å². The molecule has 0 atom stereocenters. The molecule has 0 aromatic heterocycles. The van der Waals surface area contributed by atoms with Crippen molar-refractivity contribution in [1.29, 1.82) is 0 Å². The average Bonchev–Trinajstić information content (AvgIpc) is 2.79. The summed E-state index contributed by atoms with van der Waals surface area (Å²) in [6.45, 7) is 1.15. The maximum atomic E-state index is 14.2. The van der Waals surface area contributed by atoms with Crippen LogP contribution >= 0.6 is 15.9 Å². The molecule has 0 spiro atoms. The Labute approximate surface area is 200 Å². The lowest BCUT2D eigenvalue weighted by atomic mass is 10.2. The first-order valence-corrected chi connectivity index (χ1v) is 12.0. The third-order valence-electron chi connectivity index (χ3n) is 4.74. The molecule has 1 amide bonds. The second-order valence-electron chi connectivity index (χ2n) is 7.04. The first kappa shape index (κ1) is 24.5. The molecule has 3 aromatic carbocycles. The van der Waals surface area contributed by atoms with Crippen LogP contribution < -0.4 is 19.1 Å². The SMILES string of the molecule is COc1ccc(N(CC(=O)Nc2ccc(Br)cc2F)S(=O)(=O)c2cc(C)ccc2OC)cc1. The standard InChI is InChI=1S/C23H22BrFN2O5S/c1-15-4-11-21(32-3)22(12-15)33(29,30)27(17-6-8-18(31-2)9-7-17)14-23(28)26-20-10-5-16(24)13-19(20)25/h4-13H,14H2,1-3H3,(H,26,28). The van der Waals surface area contributed by atoms with E-state index in [9.17, 15) is 17.6 Å². The third kappa shape index (κ3) is 5.63. The number of rotatable bonds is 8. The maximum Gasteiger partial charge on any atom is 0.268 e. The fraction of sp³-hybridized carbons (Fsp3) is 0.174. The number of anilines is 2. The number of nitrogens with zero attached hydrogens (tertiary/aromatic N) is 1. The van der Waals surface area contributed by atoms with E-state index in [1.807, 2.05) is 0 Å². The van der Waals surface area contributed by atoms with E-state index in [0.29, 0.717) is 15.8 Å². The zero-order chi connectivity index (χ0) is 24.2. The van der Waals surface area contributed by atoms with Crippen molar-refractivity contribution in [3.8, 4) is 11.5 Å². The molecule has 0 unspecified atom stereocenters. The molecule has 0 radical (unpaired) electrons. The first-order chi connectivity index (χ1) is 15.6. The highest BCUT2D eigenvalue weighted by molar-refractivity contribution is 9.10. The van der Waals surface area contributed by atoms with Crippen molar-refractivity contribution >= 4 is 43.2 Å². The summed E-state index contributed by atoms with van der Waals surface area (Å²) in [6.07, 6.45) is 0. The van der Waals surface area contributed by atoms with Gasteiger partial charge in [0.1, 0.15) is 28.8 Å². The van der Waals surface area contributed by atoms with Gasteiger partial charge in [0.2, 0.25) is 5.91 Å². The van der Waals surface area contributed by atoms with Gasteiger partial charge in [-0.3, -0.25) is 9.10 Å². The normalized spacial score (nSPS) is 11.1. The number of sulfonamides is 1. The molecule has 7 nitrogen and oxygen atoms in total. The molecule has 0 fully saturated rings. The minimum atomic E-state index is -4.24. The monoisotopic (exact) mass is 536 g/mol. The van der Waals surface area contributed by atoms with Crippen LogP contribution in [0.5, 0.6) is 11.5 Å². The number of hydrogen-bond donors (Lipinski definition) is 1. The number of halogens is 2. The Morgan fingerprint density at radius 2 is 1.73 bits per heavy atom. The van der Waals surface area contributed by atoms with Crippen molar-refractivity contribution in [3.05, 3.63) is 76.5 Å². The lowest BCUT2D eigenvalue weighted by molar-refractivity contribution is -0.114. The van der Waals surface area contributed by atoms with E-state index in [1.54, 1.807) is 37.3 Å². The summed E-state index contributed by atoms with van der Waals surface area (Å²) < 4.78 is 53.4. The number of benzene rings is 3. The minimum absolute atomic E-state index is 0.0663. The van der Waals surface area contributed by atoms with Crippen molar-refractivity contribution in [3.63, 3.8) is 0 Å². The van der Waals surface area contributed by atoms with Crippen molar-refractivity contribution in [2.45, 2.75) is 11.8 Å². The van der Waals surface area contributed by atoms with Crippen LogP contribution in [0.25, 0.3) is 0 Å². The Morgan fingerprint density at radius 1 is 1.03 bits per heavy atom.